The normalized spacial score (nSPS) is 10.2. The molecule has 0 spiro atoms. The van der Waals surface area contributed by atoms with Gasteiger partial charge >= 0.3 is 0 Å². The van der Waals surface area contributed by atoms with Crippen molar-refractivity contribution in [2.75, 3.05) is 0 Å². The Labute approximate surface area is 86.1 Å². The zero-order valence-corrected chi connectivity index (χ0v) is 8.23. The number of carbonyl (C=O) groups is 1. The minimum absolute atomic E-state index is 0.234. The summed E-state index contributed by atoms with van der Waals surface area (Å²) >= 11 is 0. The summed E-state index contributed by atoms with van der Waals surface area (Å²) in [5.74, 6) is 0. The highest BCUT2D eigenvalue weighted by Crippen LogP contribution is 2.06. The van der Waals surface area contributed by atoms with Crippen LogP contribution >= 0.6 is 0 Å². The molecule has 2 aromatic rings. The summed E-state index contributed by atoms with van der Waals surface area (Å²) in [4.78, 5) is 22.0. The predicted octanol–water partition coefficient (Wildman–Crippen LogP) is 1.29. The Kier molecular flexibility index (Phi) is 2.25. The number of carbonyl (C=O) groups excluding carboxylic acids is 1. The molecule has 2 rings (SSSR count). The fraction of sp³-hybridized carbons (Fsp3) is 0.0909. The third kappa shape index (κ3) is 1.74. The van der Waals surface area contributed by atoms with Crippen LogP contribution in [0.1, 0.15) is 16.1 Å². The van der Waals surface area contributed by atoms with Crippen molar-refractivity contribution in [3.8, 4) is 5.69 Å². The van der Waals surface area contributed by atoms with E-state index in [1.165, 1.54) is 10.7 Å². The number of aromatic amines is 1. The lowest BCUT2D eigenvalue weighted by Crippen LogP contribution is -2.13. The standard InChI is InChI=1S/C11H10N2O2/c1-8-3-2-4-10(5-8)13-11(15)6-9(7-14)12-13/h2-7,12H,1H3. The molecule has 0 saturated heterocycles. The summed E-state index contributed by atoms with van der Waals surface area (Å²) in [5, 5.41) is 2.71. The number of hydrogen-bond donors (Lipinski definition) is 1. The largest absolute Gasteiger partial charge is 0.296 e. The molecule has 0 unspecified atom stereocenters. The second-order valence-corrected chi connectivity index (χ2v) is 3.34. The van der Waals surface area contributed by atoms with Crippen molar-refractivity contribution in [1.82, 2.24) is 9.78 Å². The van der Waals surface area contributed by atoms with Gasteiger partial charge < -0.3 is 0 Å². The second-order valence-electron chi connectivity index (χ2n) is 3.34. The van der Waals surface area contributed by atoms with E-state index in [1.807, 2.05) is 25.1 Å². The number of hydrogen-bond acceptors (Lipinski definition) is 2. The van der Waals surface area contributed by atoms with Gasteiger partial charge in [0.15, 0.2) is 6.29 Å². The van der Waals surface area contributed by atoms with Crippen molar-refractivity contribution in [1.29, 1.82) is 0 Å². The molecular formula is C11H10N2O2. The van der Waals surface area contributed by atoms with Crippen LogP contribution < -0.4 is 5.56 Å². The van der Waals surface area contributed by atoms with Crippen molar-refractivity contribution in [3.05, 3.63) is 51.9 Å². The van der Waals surface area contributed by atoms with Crippen molar-refractivity contribution < 1.29 is 4.79 Å². The maximum Gasteiger partial charge on any atom is 0.271 e. The first kappa shape index (κ1) is 9.45. The zero-order valence-electron chi connectivity index (χ0n) is 8.23. The third-order valence-electron chi connectivity index (χ3n) is 2.13. The van der Waals surface area contributed by atoms with E-state index in [0.29, 0.717) is 6.29 Å². The molecule has 0 aliphatic heterocycles. The molecule has 4 heteroatoms. The SMILES string of the molecule is Cc1cccc(-n2[nH]c(C=O)cc2=O)c1. The van der Waals surface area contributed by atoms with Gasteiger partial charge in [-0.05, 0) is 24.6 Å². The molecule has 1 heterocycles. The maximum atomic E-state index is 11.5. The predicted molar refractivity (Wildman–Crippen MR) is 56.5 cm³/mol. The van der Waals surface area contributed by atoms with Crippen molar-refractivity contribution >= 4 is 6.29 Å². The van der Waals surface area contributed by atoms with E-state index in [-0.39, 0.29) is 11.3 Å². The van der Waals surface area contributed by atoms with Gasteiger partial charge in [-0.15, -0.1) is 0 Å². The molecule has 0 aliphatic rings. The Balaban J connectivity index is 2.58. The number of nitrogens with zero attached hydrogens (tertiary/aromatic N) is 1. The van der Waals surface area contributed by atoms with E-state index < -0.39 is 0 Å². The van der Waals surface area contributed by atoms with Gasteiger partial charge in [-0.2, -0.15) is 0 Å². The summed E-state index contributed by atoms with van der Waals surface area (Å²) in [6.07, 6.45) is 0.619. The molecule has 0 fully saturated rings. The van der Waals surface area contributed by atoms with Gasteiger partial charge in [0.05, 0.1) is 11.4 Å². The molecule has 0 aliphatic carbocycles. The van der Waals surface area contributed by atoms with E-state index in [9.17, 15) is 9.59 Å². The van der Waals surface area contributed by atoms with E-state index in [2.05, 4.69) is 5.10 Å². The van der Waals surface area contributed by atoms with Crippen LogP contribution in [0.2, 0.25) is 0 Å². The lowest BCUT2D eigenvalue weighted by molar-refractivity contribution is 0.111. The molecule has 76 valence electrons. The van der Waals surface area contributed by atoms with Crippen LogP contribution in [0.4, 0.5) is 0 Å². The molecule has 1 aromatic carbocycles. The Hall–Kier alpha value is -2.10. The van der Waals surface area contributed by atoms with Gasteiger partial charge in [-0.1, -0.05) is 12.1 Å². The highest BCUT2D eigenvalue weighted by Gasteiger charge is 2.03. The Morgan fingerprint density at radius 3 is 2.73 bits per heavy atom. The molecule has 0 bridgehead atoms. The third-order valence-corrected chi connectivity index (χ3v) is 2.13. The minimum atomic E-state index is -0.234. The second kappa shape index (κ2) is 3.57. The number of rotatable bonds is 2. The van der Waals surface area contributed by atoms with Gasteiger partial charge in [0.2, 0.25) is 0 Å². The molecule has 1 aromatic heterocycles. The molecule has 0 amide bonds. The molecule has 4 nitrogen and oxygen atoms in total. The fourth-order valence-electron chi connectivity index (χ4n) is 1.43. The Bertz CT molecular complexity index is 552. The van der Waals surface area contributed by atoms with Crippen LogP contribution in [0.3, 0.4) is 0 Å². The lowest BCUT2D eigenvalue weighted by Gasteiger charge is -2.01. The number of aldehydes is 1. The smallest absolute Gasteiger partial charge is 0.271 e. The van der Waals surface area contributed by atoms with Crippen molar-refractivity contribution in [2.24, 2.45) is 0 Å². The average molecular weight is 202 g/mol. The Morgan fingerprint density at radius 2 is 2.13 bits per heavy atom. The van der Waals surface area contributed by atoms with Crippen LogP contribution in [0.25, 0.3) is 5.69 Å². The quantitative estimate of drug-likeness (QED) is 0.746. The highest BCUT2D eigenvalue weighted by molar-refractivity contribution is 5.71. The molecule has 0 saturated carbocycles. The first-order chi connectivity index (χ1) is 7.20. The van der Waals surface area contributed by atoms with Gasteiger partial charge in [0.1, 0.15) is 0 Å². The Morgan fingerprint density at radius 1 is 1.33 bits per heavy atom. The van der Waals surface area contributed by atoms with Crippen LogP contribution in [0.5, 0.6) is 0 Å². The van der Waals surface area contributed by atoms with E-state index >= 15 is 0 Å². The lowest BCUT2D eigenvalue weighted by atomic mass is 10.2. The van der Waals surface area contributed by atoms with E-state index in [1.54, 1.807) is 6.07 Å². The summed E-state index contributed by atoms with van der Waals surface area (Å²) in [7, 11) is 0. The monoisotopic (exact) mass is 202 g/mol. The molecule has 15 heavy (non-hydrogen) atoms. The summed E-state index contributed by atoms with van der Waals surface area (Å²) < 4.78 is 1.34. The molecule has 0 atom stereocenters. The topological polar surface area (TPSA) is 54.9 Å². The average Bonchev–Trinajstić information content (AvgIpc) is 2.60. The number of H-pyrrole nitrogens is 1. The zero-order chi connectivity index (χ0) is 10.8. The maximum absolute atomic E-state index is 11.5. The minimum Gasteiger partial charge on any atom is -0.296 e. The number of aromatic nitrogens is 2. The van der Waals surface area contributed by atoms with Crippen LogP contribution in [0.15, 0.2) is 35.1 Å². The van der Waals surface area contributed by atoms with Gasteiger partial charge in [-0.25, -0.2) is 4.68 Å². The van der Waals surface area contributed by atoms with E-state index in [4.69, 9.17) is 0 Å². The molecule has 0 radical (unpaired) electrons. The van der Waals surface area contributed by atoms with E-state index in [0.717, 1.165) is 11.3 Å². The molecule has 1 N–H and O–H groups in total. The first-order valence-corrected chi connectivity index (χ1v) is 4.55. The number of aryl methyl sites for hydroxylation is 1. The summed E-state index contributed by atoms with van der Waals surface area (Å²) in [6.45, 7) is 1.94. The van der Waals surface area contributed by atoms with Crippen LogP contribution in [-0.4, -0.2) is 16.1 Å². The van der Waals surface area contributed by atoms with Crippen LogP contribution in [-0.2, 0) is 0 Å². The number of benzene rings is 1. The summed E-state index contributed by atoms with van der Waals surface area (Å²) in [5.41, 5.74) is 1.83. The van der Waals surface area contributed by atoms with Crippen molar-refractivity contribution in [3.63, 3.8) is 0 Å². The summed E-state index contributed by atoms with van der Waals surface area (Å²) in [6, 6.07) is 8.75. The van der Waals surface area contributed by atoms with Gasteiger partial charge in [-0.3, -0.25) is 14.7 Å². The highest BCUT2D eigenvalue weighted by atomic mass is 16.1. The van der Waals surface area contributed by atoms with Crippen molar-refractivity contribution in [2.45, 2.75) is 6.92 Å². The van der Waals surface area contributed by atoms with Crippen LogP contribution in [0, 0.1) is 6.92 Å². The number of nitrogens with one attached hydrogen (secondary N) is 1. The first-order valence-electron chi connectivity index (χ1n) is 4.55. The van der Waals surface area contributed by atoms with Gasteiger partial charge in [0, 0.05) is 6.07 Å². The molecular weight excluding hydrogens is 192 g/mol. The van der Waals surface area contributed by atoms with Gasteiger partial charge in [0.25, 0.3) is 5.56 Å². The fourth-order valence-corrected chi connectivity index (χ4v) is 1.43.